The van der Waals surface area contributed by atoms with E-state index in [0.29, 0.717) is 12.5 Å². The molecule has 1 fully saturated rings. The van der Waals surface area contributed by atoms with Gasteiger partial charge in [0.25, 0.3) is 0 Å². The molecular weight excluding hydrogens is 190 g/mol. The lowest BCUT2D eigenvalue weighted by Crippen LogP contribution is -2.64. The molecule has 0 aromatic carbocycles. The predicted molar refractivity (Wildman–Crippen MR) is 61.5 cm³/mol. The third-order valence-electron chi connectivity index (χ3n) is 2.83. The van der Waals surface area contributed by atoms with Gasteiger partial charge in [0.05, 0.1) is 0 Å². The minimum atomic E-state index is -0.530. The first-order chi connectivity index (χ1) is 6.88. The molecule has 0 bridgehead atoms. The maximum absolute atomic E-state index is 11.7. The van der Waals surface area contributed by atoms with Gasteiger partial charge < -0.3 is 10.6 Å². The molecule has 15 heavy (non-hydrogen) atoms. The molecule has 88 valence electrons. The molecule has 0 aromatic rings. The zero-order chi connectivity index (χ0) is 11.6. The van der Waals surface area contributed by atoms with Crippen LogP contribution >= 0.6 is 0 Å². The topological polar surface area (TPSA) is 58.4 Å². The first-order valence-electron chi connectivity index (χ1n) is 5.61. The largest absolute Gasteiger partial charge is 0.368 e. The fourth-order valence-electron chi connectivity index (χ4n) is 2.23. The number of carbonyl (C=O) groups is 1. The van der Waals surface area contributed by atoms with E-state index in [1.165, 1.54) is 0 Å². The summed E-state index contributed by atoms with van der Waals surface area (Å²) in [6.45, 7) is 4.79. The third-order valence-corrected chi connectivity index (χ3v) is 2.83. The van der Waals surface area contributed by atoms with E-state index in [-0.39, 0.29) is 11.9 Å². The second-order valence-corrected chi connectivity index (χ2v) is 5.15. The summed E-state index contributed by atoms with van der Waals surface area (Å²) in [5.74, 6) is 0.201. The van der Waals surface area contributed by atoms with Crippen molar-refractivity contribution in [2.24, 2.45) is 11.7 Å². The Morgan fingerprint density at radius 2 is 2.07 bits per heavy atom. The highest BCUT2D eigenvalue weighted by molar-refractivity contribution is 5.86. The van der Waals surface area contributed by atoms with Crippen LogP contribution in [-0.2, 0) is 4.79 Å². The van der Waals surface area contributed by atoms with Gasteiger partial charge >= 0.3 is 0 Å². The number of hydrogen-bond acceptors (Lipinski definition) is 3. The molecule has 1 amide bonds. The van der Waals surface area contributed by atoms with Gasteiger partial charge in [0.1, 0.15) is 5.54 Å². The molecule has 1 saturated carbocycles. The van der Waals surface area contributed by atoms with E-state index in [2.05, 4.69) is 19.2 Å². The van der Waals surface area contributed by atoms with Crippen molar-refractivity contribution >= 4 is 5.91 Å². The summed E-state index contributed by atoms with van der Waals surface area (Å²) in [6, 6.07) is 0.276. The molecule has 1 unspecified atom stereocenters. The molecule has 0 aliphatic heterocycles. The first kappa shape index (κ1) is 12.5. The normalized spacial score (nSPS) is 20.7. The van der Waals surface area contributed by atoms with Gasteiger partial charge in [-0.2, -0.15) is 0 Å². The Kier molecular flexibility index (Phi) is 3.73. The number of rotatable bonds is 6. The number of nitrogens with two attached hydrogens (primary N) is 1. The number of amides is 1. The zero-order valence-electron chi connectivity index (χ0n) is 10.2. The van der Waals surface area contributed by atoms with E-state index in [1.807, 2.05) is 19.0 Å². The van der Waals surface area contributed by atoms with Gasteiger partial charge in [-0.15, -0.1) is 0 Å². The Bertz CT molecular complexity index is 224. The molecule has 4 heteroatoms. The van der Waals surface area contributed by atoms with Crippen LogP contribution in [0.15, 0.2) is 0 Å². The van der Waals surface area contributed by atoms with Crippen LogP contribution in [0.25, 0.3) is 0 Å². The number of primary amides is 1. The fraction of sp³-hybridized carbons (Fsp3) is 0.909. The van der Waals surface area contributed by atoms with Gasteiger partial charge in [0, 0.05) is 12.6 Å². The van der Waals surface area contributed by atoms with Gasteiger partial charge in [-0.1, -0.05) is 0 Å². The average Bonchev–Trinajstić information content (AvgIpc) is 2.81. The minimum absolute atomic E-state index is 0.215. The summed E-state index contributed by atoms with van der Waals surface area (Å²) in [5, 5.41) is 3.37. The number of nitrogens with zero attached hydrogens (tertiary/aromatic N) is 1. The third kappa shape index (κ3) is 2.92. The van der Waals surface area contributed by atoms with Crippen LogP contribution in [0.1, 0.15) is 26.7 Å². The SMILES string of the molecule is CC(C)NC(CN(C)C)(C(N)=O)C1CC1. The minimum Gasteiger partial charge on any atom is -0.368 e. The molecule has 0 aromatic heterocycles. The van der Waals surface area contributed by atoms with Gasteiger partial charge in [-0.25, -0.2) is 0 Å². The van der Waals surface area contributed by atoms with Crippen LogP contribution in [0.2, 0.25) is 0 Å². The number of likely N-dealkylation sites (N-methyl/N-ethyl adjacent to an activating group) is 1. The molecule has 3 N–H and O–H groups in total. The molecule has 1 aliphatic rings. The molecule has 1 atom stereocenters. The van der Waals surface area contributed by atoms with Crippen LogP contribution in [0.4, 0.5) is 0 Å². The van der Waals surface area contributed by atoms with Crippen LogP contribution in [0.3, 0.4) is 0 Å². The Labute approximate surface area is 92.2 Å². The first-order valence-corrected chi connectivity index (χ1v) is 5.61. The van der Waals surface area contributed by atoms with Crippen LogP contribution in [0, 0.1) is 5.92 Å². The van der Waals surface area contributed by atoms with Crippen molar-refractivity contribution in [3.63, 3.8) is 0 Å². The smallest absolute Gasteiger partial charge is 0.239 e. The molecule has 0 radical (unpaired) electrons. The van der Waals surface area contributed by atoms with Gasteiger partial charge in [-0.05, 0) is 46.7 Å². The maximum atomic E-state index is 11.7. The molecule has 0 heterocycles. The highest BCUT2D eigenvalue weighted by Gasteiger charge is 2.50. The molecule has 4 nitrogen and oxygen atoms in total. The standard InChI is InChI=1S/C11H23N3O/c1-8(2)13-11(10(12)15,7-14(3)4)9-5-6-9/h8-9,13H,5-7H2,1-4H3,(H2,12,15). The van der Waals surface area contributed by atoms with Crippen molar-refractivity contribution in [3.05, 3.63) is 0 Å². The van der Waals surface area contributed by atoms with Gasteiger partial charge in [0.2, 0.25) is 5.91 Å². The summed E-state index contributed by atoms with van der Waals surface area (Å²) in [6.07, 6.45) is 2.22. The number of carbonyl (C=O) groups excluding carboxylic acids is 1. The van der Waals surface area contributed by atoms with Crippen molar-refractivity contribution in [1.82, 2.24) is 10.2 Å². The summed E-state index contributed by atoms with van der Waals surface area (Å²) >= 11 is 0. The van der Waals surface area contributed by atoms with E-state index in [9.17, 15) is 4.79 Å². The number of nitrogens with one attached hydrogen (secondary N) is 1. The van der Waals surface area contributed by atoms with Crippen molar-refractivity contribution < 1.29 is 4.79 Å². The summed E-state index contributed by atoms with van der Waals surface area (Å²) in [4.78, 5) is 13.7. The maximum Gasteiger partial charge on any atom is 0.239 e. The molecule has 1 aliphatic carbocycles. The second kappa shape index (κ2) is 4.49. The van der Waals surface area contributed by atoms with Crippen molar-refractivity contribution in [1.29, 1.82) is 0 Å². The highest BCUT2D eigenvalue weighted by atomic mass is 16.1. The summed E-state index contributed by atoms with van der Waals surface area (Å²) in [7, 11) is 3.95. The van der Waals surface area contributed by atoms with Crippen molar-refractivity contribution in [3.8, 4) is 0 Å². The quantitative estimate of drug-likeness (QED) is 0.662. The van der Waals surface area contributed by atoms with E-state index in [0.717, 1.165) is 12.8 Å². The van der Waals surface area contributed by atoms with E-state index in [1.54, 1.807) is 0 Å². The summed E-state index contributed by atoms with van der Waals surface area (Å²) in [5.41, 5.74) is 5.05. The summed E-state index contributed by atoms with van der Waals surface area (Å²) < 4.78 is 0. The van der Waals surface area contributed by atoms with E-state index >= 15 is 0 Å². The van der Waals surface area contributed by atoms with E-state index in [4.69, 9.17) is 5.73 Å². The predicted octanol–water partition coefficient (Wildman–Crippen LogP) is 0.180. The average molecular weight is 213 g/mol. The monoisotopic (exact) mass is 213 g/mol. The lowest BCUT2D eigenvalue weighted by molar-refractivity contribution is -0.126. The van der Waals surface area contributed by atoms with Gasteiger partial charge in [0.15, 0.2) is 0 Å². The lowest BCUT2D eigenvalue weighted by atomic mass is 9.90. The molecule has 0 saturated heterocycles. The Balaban J connectivity index is 2.83. The molecule has 1 rings (SSSR count). The lowest BCUT2D eigenvalue weighted by Gasteiger charge is -2.36. The Morgan fingerprint density at radius 3 is 2.33 bits per heavy atom. The van der Waals surface area contributed by atoms with Crippen molar-refractivity contribution in [2.75, 3.05) is 20.6 Å². The molecular formula is C11H23N3O. The van der Waals surface area contributed by atoms with Crippen LogP contribution < -0.4 is 11.1 Å². The van der Waals surface area contributed by atoms with Crippen molar-refractivity contribution in [2.45, 2.75) is 38.3 Å². The molecule has 0 spiro atoms. The van der Waals surface area contributed by atoms with Crippen LogP contribution in [0.5, 0.6) is 0 Å². The van der Waals surface area contributed by atoms with E-state index < -0.39 is 5.54 Å². The second-order valence-electron chi connectivity index (χ2n) is 5.15. The highest BCUT2D eigenvalue weighted by Crippen LogP contribution is 2.40. The zero-order valence-corrected chi connectivity index (χ0v) is 10.2. The Hall–Kier alpha value is -0.610. The Morgan fingerprint density at radius 1 is 1.53 bits per heavy atom. The van der Waals surface area contributed by atoms with Crippen LogP contribution in [-0.4, -0.2) is 43.0 Å². The van der Waals surface area contributed by atoms with Gasteiger partial charge in [-0.3, -0.25) is 10.1 Å². The number of hydrogen-bond donors (Lipinski definition) is 2. The fourth-order valence-corrected chi connectivity index (χ4v) is 2.23.